The van der Waals surface area contributed by atoms with Crippen LogP contribution in [0.5, 0.6) is 23.0 Å². The van der Waals surface area contributed by atoms with E-state index in [0.29, 0.717) is 0 Å². The number of ether oxygens (including phenoxy) is 4. The molecule has 27 heavy (non-hydrogen) atoms. The number of aromatic nitrogens is 2. The molecule has 0 aliphatic carbocycles. The summed E-state index contributed by atoms with van der Waals surface area (Å²) >= 11 is 0. The van der Waals surface area contributed by atoms with Crippen molar-refractivity contribution in [3.8, 4) is 23.0 Å². The van der Waals surface area contributed by atoms with Gasteiger partial charge >= 0.3 is 0 Å². The molecule has 0 bridgehead atoms. The molecule has 2 aliphatic heterocycles. The van der Waals surface area contributed by atoms with Crippen LogP contribution in [-0.2, 0) is 19.8 Å². The molecule has 1 aromatic heterocycles. The molecule has 0 saturated heterocycles. The highest BCUT2D eigenvalue weighted by atomic mass is 16.7. The molecule has 138 valence electrons. The Labute approximate surface area is 156 Å². The van der Waals surface area contributed by atoms with Gasteiger partial charge in [-0.25, -0.2) is 4.98 Å². The van der Waals surface area contributed by atoms with Crippen LogP contribution in [0.25, 0.3) is 0 Å². The third kappa shape index (κ3) is 3.41. The second-order valence-corrected chi connectivity index (χ2v) is 6.58. The number of nitrogens with zero attached hydrogens (tertiary/aromatic N) is 3. The van der Waals surface area contributed by atoms with Gasteiger partial charge in [0.15, 0.2) is 23.0 Å². The molecule has 0 unspecified atom stereocenters. The molecular formula is C20H19N3O4. The molecule has 0 N–H and O–H groups in total. The zero-order valence-corrected chi connectivity index (χ0v) is 14.7. The van der Waals surface area contributed by atoms with Crippen molar-refractivity contribution in [2.75, 3.05) is 13.6 Å². The summed E-state index contributed by atoms with van der Waals surface area (Å²) in [5.74, 6) is 3.21. The Morgan fingerprint density at radius 1 is 0.815 bits per heavy atom. The average Bonchev–Trinajstić information content (AvgIpc) is 3.42. The molecule has 0 atom stereocenters. The van der Waals surface area contributed by atoms with Crippen LogP contribution in [0.2, 0.25) is 0 Å². The largest absolute Gasteiger partial charge is 0.454 e. The van der Waals surface area contributed by atoms with Gasteiger partial charge in [-0.15, -0.1) is 0 Å². The van der Waals surface area contributed by atoms with Gasteiger partial charge in [-0.3, -0.25) is 4.90 Å². The first kappa shape index (κ1) is 16.0. The highest BCUT2D eigenvalue weighted by Crippen LogP contribution is 2.34. The molecule has 2 aromatic carbocycles. The summed E-state index contributed by atoms with van der Waals surface area (Å²) < 4.78 is 23.9. The Balaban J connectivity index is 1.37. The molecule has 3 heterocycles. The first-order valence-electron chi connectivity index (χ1n) is 8.79. The van der Waals surface area contributed by atoms with Crippen LogP contribution in [0.1, 0.15) is 11.1 Å². The first-order chi connectivity index (χ1) is 13.3. The lowest BCUT2D eigenvalue weighted by atomic mass is 10.1. The van der Waals surface area contributed by atoms with E-state index >= 15 is 0 Å². The van der Waals surface area contributed by atoms with Crippen LogP contribution >= 0.6 is 0 Å². The molecule has 7 nitrogen and oxygen atoms in total. The highest BCUT2D eigenvalue weighted by molar-refractivity contribution is 5.45. The number of hydrogen-bond acceptors (Lipinski definition) is 6. The summed E-state index contributed by atoms with van der Waals surface area (Å²) in [6.07, 6.45) is 5.58. The minimum atomic E-state index is 0.286. The summed E-state index contributed by atoms with van der Waals surface area (Å²) in [5.41, 5.74) is 2.33. The van der Waals surface area contributed by atoms with Crippen molar-refractivity contribution < 1.29 is 18.9 Å². The standard InChI is InChI=1S/C20H19N3O4/c1-3-17-19(26-13-24-17)7-15(1)9-23(12-22-6-5-21-11-22)10-16-2-4-18-20(8-16)27-14-25-18/h1-8,11H,9-10,12-14H2. The van der Waals surface area contributed by atoms with E-state index in [9.17, 15) is 0 Å². The molecular weight excluding hydrogens is 346 g/mol. The summed E-state index contributed by atoms with van der Waals surface area (Å²) in [7, 11) is 0. The van der Waals surface area contributed by atoms with Gasteiger partial charge < -0.3 is 23.5 Å². The predicted octanol–water partition coefficient (Wildman–Crippen LogP) is 3.00. The maximum Gasteiger partial charge on any atom is 0.231 e. The van der Waals surface area contributed by atoms with E-state index in [2.05, 4.69) is 26.6 Å². The molecule has 3 aromatic rings. The van der Waals surface area contributed by atoms with Crippen molar-refractivity contribution in [2.24, 2.45) is 0 Å². The Kier molecular flexibility index (Phi) is 4.06. The van der Waals surface area contributed by atoms with E-state index in [1.54, 1.807) is 6.20 Å². The van der Waals surface area contributed by atoms with E-state index in [1.807, 2.05) is 36.8 Å². The minimum absolute atomic E-state index is 0.286. The second-order valence-electron chi connectivity index (χ2n) is 6.58. The normalized spacial score (nSPS) is 14.1. The van der Waals surface area contributed by atoms with Gasteiger partial charge in [-0.1, -0.05) is 12.1 Å². The molecule has 0 spiro atoms. The number of fused-ring (bicyclic) bond motifs is 2. The summed E-state index contributed by atoms with van der Waals surface area (Å²) in [6.45, 7) is 2.83. The maximum atomic E-state index is 5.51. The molecule has 0 amide bonds. The van der Waals surface area contributed by atoms with Gasteiger partial charge in [0, 0.05) is 25.5 Å². The quantitative estimate of drug-likeness (QED) is 0.669. The van der Waals surface area contributed by atoms with Crippen LogP contribution in [0.15, 0.2) is 55.1 Å². The van der Waals surface area contributed by atoms with Gasteiger partial charge in [0.25, 0.3) is 0 Å². The summed E-state index contributed by atoms with van der Waals surface area (Å²) in [6, 6.07) is 12.2. The summed E-state index contributed by atoms with van der Waals surface area (Å²) in [4.78, 5) is 6.48. The molecule has 2 aliphatic rings. The van der Waals surface area contributed by atoms with Crippen molar-refractivity contribution in [3.63, 3.8) is 0 Å². The average molecular weight is 365 g/mol. The fourth-order valence-electron chi connectivity index (χ4n) is 3.35. The molecule has 7 heteroatoms. The van der Waals surface area contributed by atoms with E-state index < -0.39 is 0 Å². The number of rotatable bonds is 6. The number of imidazole rings is 1. The molecule has 5 rings (SSSR count). The Hall–Kier alpha value is -3.19. The molecule has 0 fully saturated rings. The highest BCUT2D eigenvalue weighted by Gasteiger charge is 2.17. The topological polar surface area (TPSA) is 58.0 Å². The smallest absolute Gasteiger partial charge is 0.231 e. The predicted molar refractivity (Wildman–Crippen MR) is 96.6 cm³/mol. The summed E-state index contributed by atoms with van der Waals surface area (Å²) in [5, 5.41) is 0. The van der Waals surface area contributed by atoms with Crippen molar-refractivity contribution in [3.05, 3.63) is 66.2 Å². The van der Waals surface area contributed by atoms with Gasteiger partial charge in [-0.05, 0) is 35.4 Å². The van der Waals surface area contributed by atoms with Crippen molar-refractivity contribution in [1.82, 2.24) is 14.5 Å². The van der Waals surface area contributed by atoms with Crippen molar-refractivity contribution in [1.29, 1.82) is 0 Å². The minimum Gasteiger partial charge on any atom is -0.454 e. The van der Waals surface area contributed by atoms with Gasteiger partial charge in [0.1, 0.15) is 0 Å². The van der Waals surface area contributed by atoms with Crippen LogP contribution in [-0.4, -0.2) is 28.0 Å². The SMILES string of the molecule is c1cn(CN(Cc2ccc3c(c2)OCO3)Cc2ccc3c(c2)OCO3)cn1. The monoisotopic (exact) mass is 365 g/mol. The van der Waals surface area contributed by atoms with E-state index in [4.69, 9.17) is 18.9 Å². The zero-order valence-electron chi connectivity index (χ0n) is 14.7. The molecule has 0 radical (unpaired) electrons. The lowest BCUT2D eigenvalue weighted by molar-refractivity contribution is 0.173. The lowest BCUT2D eigenvalue weighted by Gasteiger charge is -2.23. The fourth-order valence-corrected chi connectivity index (χ4v) is 3.35. The van der Waals surface area contributed by atoms with E-state index in [-0.39, 0.29) is 13.6 Å². The van der Waals surface area contributed by atoms with E-state index in [1.165, 1.54) is 11.1 Å². The lowest BCUT2D eigenvalue weighted by Crippen LogP contribution is -2.25. The zero-order chi connectivity index (χ0) is 18.1. The maximum absolute atomic E-state index is 5.51. The van der Waals surface area contributed by atoms with Crippen LogP contribution in [0.3, 0.4) is 0 Å². The number of benzene rings is 2. The Morgan fingerprint density at radius 2 is 1.41 bits per heavy atom. The first-order valence-corrected chi connectivity index (χ1v) is 8.79. The third-order valence-electron chi connectivity index (χ3n) is 4.61. The number of hydrogen-bond donors (Lipinski definition) is 0. The van der Waals surface area contributed by atoms with Crippen LogP contribution < -0.4 is 18.9 Å². The van der Waals surface area contributed by atoms with Crippen LogP contribution in [0.4, 0.5) is 0 Å². The van der Waals surface area contributed by atoms with Crippen LogP contribution in [0, 0.1) is 0 Å². The Bertz CT molecular complexity index is 883. The van der Waals surface area contributed by atoms with E-state index in [0.717, 1.165) is 42.8 Å². The molecule has 0 saturated carbocycles. The fraction of sp³-hybridized carbons (Fsp3) is 0.250. The van der Waals surface area contributed by atoms with Gasteiger partial charge in [-0.2, -0.15) is 0 Å². The second kappa shape index (κ2) is 6.85. The van der Waals surface area contributed by atoms with Gasteiger partial charge in [0.2, 0.25) is 13.6 Å². The Morgan fingerprint density at radius 3 is 1.96 bits per heavy atom. The third-order valence-corrected chi connectivity index (χ3v) is 4.61. The van der Waals surface area contributed by atoms with Crippen molar-refractivity contribution >= 4 is 0 Å². The van der Waals surface area contributed by atoms with Gasteiger partial charge in [0.05, 0.1) is 13.0 Å². The van der Waals surface area contributed by atoms with Crippen molar-refractivity contribution in [2.45, 2.75) is 19.8 Å².